The second-order valence-corrected chi connectivity index (χ2v) is 6.27. The quantitative estimate of drug-likeness (QED) is 0.541. The van der Waals surface area contributed by atoms with Crippen LogP contribution in [0.5, 0.6) is 0 Å². The second kappa shape index (κ2) is 2.95. The molecule has 0 amide bonds. The summed E-state index contributed by atoms with van der Waals surface area (Å²) in [7, 11) is -2.89. The van der Waals surface area contributed by atoms with E-state index in [9.17, 15) is 8.42 Å². The smallest absolute Gasteiger partial charge is 0.170 e. The first-order chi connectivity index (χ1) is 4.58. The minimum atomic E-state index is -2.89. The van der Waals surface area contributed by atoms with Gasteiger partial charge in [-0.1, -0.05) is 37.9 Å². The Hall–Kier alpha value is 0.650. The van der Waals surface area contributed by atoms with Crippen LogP contribution >= 0.6 is 31.9 Å². The van der Waals surface area contributed by atoms with Crippen molar-refractivity contribution < 1.29 is 8.42 Å². The van der Waals surface area contributed by atoms with Gasteiger partial charge < -0.3 is 0 Å². The van der Waals surface area contributed by atoms with Gasteiger partial charge in [0.25, 0.3) is 0 Å². The van der Waals surface area contributed by atoms with Gasteiger partial charge in [-0.15, -0.1) is 0 Å². The van der Waals surface area contributed by atoms with Gasteiger partial charge in [-0.3, -0.25) is 0 Å². The monoisotopic (exact) mass is 288 g/mol. The van der Waals surface area contributed by atoms with E-state index in [2.05, 4.69) is 31.9 Å². The zero-order valence-corrected chi connectivity index (χ0v) is 9.04. The summed E-state index contributed by atoms with van der Waals surface area (Å²) in [6.07, 6.45) is 1.74. The van der Waals surface area contributed by atoms with Crippen LogP contribution in [0, 0.1) is 0 Å². The van der Waals surface area contributed by atoms with Gasteiger partial charge in [-0.25, -0.2) is 8.42 Å². The average Bonchev–Trinajstić information content (AvgIpc) is 2.10. The Morgan fingerprint density at radius 3 is 2.50 bits per heavy atom. The van der Waals surface area contributed by atoms with Crippen molar-refractivity contribution in [2.24, 2.45) is 0 Å². The molecule has 0 aliphatic carbocycles. The summed E-state index contributed by atoms with van der Waals surface area (Å²) in [4.78, 5) is 0. The van der Waals surface area contributed by atoms with E-state index < -0.39 is 14.0 Å². The average molecular weight is 290 g/mol. The van der Waals surface area contributed by atoms with Gasteiger partial charge in [0.15, 0.2) is 9.84 Å². The molecule has 1 heterocycles. The fourth-order valence-corrected chi connectivity index (χ4v) is 4.01. The Morgan fingerprint density at radius 2 is 2.30 bits per heavy atom. The Balaban J connectivity index is 2.90. The maximum absolute atomic E-state index is 11.0. The standard InChI is InChI=1S/C5H6Br2O2S/c6-3-4-1-2-10(8,9)5(4)7/h1,5H,2-3H2. The van der Waals surface area contributed by atoms with Gasteiger partial charge in [0.1, 0.15) is 4.16 Å². The summed E-state index contributed by atoms with van der Waals surface area (Å²) in [5.41, 5.74) is 0.903. The molecule has 0 aromatic rings. The molecule has 0 radical (unpaired) electrons. The van der Waals surface area contributed by atoms with E-state index in [1.807, 2.05) is 0 Å². The molecule has 1 aliphatic heterocycles. The number of sulfone groups is 1. The highest BCUT2D eigenvalue weighted by molar-refractivity contribution is 9.11. The highest BCUT2D eigenvalue weighted by atomic mass is 79.9. The number of hydrogen-bond donors (Lipinski definition) is 0. The molecule has 0 saturated heterocycles. The van der Waals surface area contributed by atoms with Gasteiger partial charge in [0.2, 0.25) is 0 Å². The summed E-state index contributed by atoms with van der Waals surface area (Å²) >= 11 is 6.31. The molecule has 0 bridgehead atoms. The Labute approximate surface area is 76.9 Å². The lowest BCUT2D eigenvalue weighted by molar-refractivity contribution is 0.601. The lowest BCUT2D eigenvalue weighted by atomic mass is 10.3. The van der Waals surface area contributed by atoms with Crippen molar-refractivity contribution in [3.8, 4) is 0 Å². The molecule has 1 aliphatic rings. The molecule has 1 atom stereocenters. The normalized spacial score (nSPS) is 30.2. The zero-order chi connectivity index (χ0) is 7.78. The Morgan fingerprint density at radius 1 is 1.70 bits per heavy atom. The van der Waals surface area contributed by atoms with Crippen molar-refractivity contribution >= 4 is 41.7 Å². The van der Waals surface area contributed by atoms with Crippen LogP contribution in [0.15, 0.2) is 11.6 Å². The Kier molecular flexibility index (Phi) is 2.58. The highest BCUT2D eigenvalue weighted by Gasteiger charge is 2.30. The summed E-state index contributed by atoms with van der Waals surface area (Å²) in [5, 5.41) is 0.627. The topological polar surface area (TPSA) is 34.1 Å². The molecule has 1 rings (SSSR count). The van der Waals surface area contributed by atoms with Crippen molar-refractivity contribution in [2.45, 2.75) is 4.16 Å². The minimum absolute atomic E-state index is 0.170. The molecular weight excluding hydrogens is 284 g/mol. The predicted octanol–water partition coefficient (Wildman–Crippen LogP) is 1.46. The Bertz CT molecular complexity index is 255. The molecule has 10 heavy (non-hydrogen) atoms. The highest BCUT2D eigenvalue weighted by Crippen LogP contribution is 2.27. The third-order valence-corrected chi connectivity index (χ3v) is 5.85. The number of hydrogen-bond acceptors (Lipinski definition) is 2. The zero-order valence-electron chi connectivity index (χ0n) is 5.05. The SMILES string of the molecule is O=S1(=O)CC=C(CBr)C1Br. The summed E-state index contributed by atoms with van der Waals surface area (Å²) < 4.78 is 21.6. The molecule has 0 aromatic carbocycles. The fourth-order valence-electron chi connectivity index (χ4n) is 0.746. The lowest BCUT2D eigenvalue weighted by Gasteiger charge is -2.01. The van der Waals surface area contributed by atoms with Crippen LogP contribution in [-0.4, -0.2) is 23.7 Å². The van der Waals surface area contributed by atoms with E-state index >= 15 is 0 Å². The first kappa shape index (κ1) is 8.74. The first-order valence-electron chi connectivity index (χ1n) is 2.68. The maximum atomic E-state index is 11.0. The van der Waals surface area contributed by atoms with Crippen LogP contribution in [0.25, 0.3) is 0 Å². The molecule has 2 nitrogen and oxygen atoms in total. The van der Waals surface area contributed by atoms with Crippen molar-refractivity contribution in [1.29, 1.82) is 0 Å². The molecule has 58 valence electrons. The lowest BCUT2D eigenvalue weighted by Crippen LogP contribution is -2.12. The van der Waals surface area contributed by atoms with Crippen molar-refractivity contribution in [1.82, 2.24) is 0 Å². The molecule has 0 fully saturated rings. The van der Waals surface area contributed by atoms with E-state index in [4.69, 9.17) is 0 Å². The molecule has 0 N–H and O–H groups in total. The van der Waals surface area contributed by atoms with E-state index in [1.54, 1.807) is 6.08 Å². The molecule has 0 aromatic heterocycles. The minimum Gasteiger partial charge on any atom is -0.227 e. The van der Waals surface area contributed by atoms with Crippen molar-refractivity contribution in [3.05, 3.63) is 11.6 Å². The van der Waals surface area contributed by atoms with E-state index in [-0.39, 0.29) is 5.75 Å². The van der Waals surface area contributed by atoms with Crippen LogP contribution in [-0.2, 0) is 9.84 Å². The molecular formula is C5H6Br2O2S. The van der Waals surface area contributed by atoms with Crippen molar-refractivity contribution in [3.63, 3.8) is 0 Å². The van der Waals surface area contributed by atoms with E-state index in [0.29, 0.717) is 5.33 Å². The van der Waals surface area contributed by atoms with Gasteiger partial charge in [0.05, 0.1) is 5.75 Å². The van der Waals surface area contributed by atoms with E-state index in [0.717, 1.165) is 5.57 Å². The van der Waals surface area contributed by atoms with Crippen LogP contribution in [0.1, 0.15) is 0 Å². The fraction of sp³-hybridized carbons (Fsp3) is 0.600. The molecule has 1 unspecified atom stereocenters. The maximum Gasteiger partial charge on any atom is 0.170 e. The van der Waals surface area contributed by atoms with Gasteiger partial charge in [-0.2, -0.15) is 0 Å². The molecule has 5 heteroatoms. The van der Waals surface area contributed by atoms with E-state index in [1.165, 1.54) is 0 Å². The second-order valence-electron chi connectivity index (χ2n) is 2.06. The molecule has 0 spiro atoms. The van der Waals surface area contributed by atoms with Gasteiger partial charge in [-0.05, 0) is 5.57 Å². The first-order valence-corrected chi connectivity index (χ1v) is 6.43. The third-order valence-electron chi connectivity index (χ3n) is 1.34. The molecule has 0 saturated carbocycles. The van der Waals surface area contributed by atoms with Gasteiger partial charge >= 0.3 is 0 Å². The van der Waals surface area contributed by atoms with Crippen molar-refractivity contribution in [2.75, 3.05) is 11.1 Å². The van der Waals surface area contributed by atoms with Crippen LogP contribution in [0.4, 0.5) is 0 Å². The predicted molar refractivity (Wildman–Crippen MR) is 48.4 cm³/mol. The third kappa shape index (κ3) is 1.46. The summed E-state index contributed by atoms with van der Waals surface area (Å²) in [5.74, 6) is 0.170. The van der Waals surface area contributed by atoms with Crippen LogP contribution in [0.2, 0.25) is 0 Å². The largest absolute Gasteiger partial charge is 0.227 e. The van der Waals surface area contributed by atoms with Crippen LogP contribution < -0.4 is 0 Å². The summed E-state index contributed by atoms with van der Waals surface area (Å²) in [6, 6.07) is 0. The summed E-state index contributed by atoms with van der Waals surface area (Å²) in [6.45, 7) is 0. The van der Waals surface area contributed by atoms with Crippen LogP contribution in [0.3, 0.4) is 0 Å². The number of alkyl halides is 2. The number of rotatable bonds is 1. The number of halogens is 2. The van der Waals surface area contributed by atoms with Gasteiger partial charge in [0, 0.05) is 5.33 Å².